The van der Waals surface area contributed by atoms with Crippen molar-refractivity contribution in [3.05, 3.63) is 46.1 Å². The summed E-state index contributed by atoms with van der Waals surface area (Å²) in [5, 5.41) is 7.51. The molecule has 2 N–H and O–H groups in total. The Bertz CT molecular complexity index is 597. The van der Waals surface area contributed by atoms with E-state index in [1.165, 1.54) is 0 Å². The second-order valence-corrected chi connectivity index (χ2v) is 5.60. The van der Waals surface area contributed by atoms with Gasteiger partial charge in [0.2, 0.25) is 0 Å². The Labute approximate surface area is 122 Å². The van der Waals surface area contributed by atoms with Crippen LogP contribution in [0.15, 0.2) is 35.5 Å². The minimum atomic E-state index is -0.185. The van der Waals surface area contributed by atoms with Gasteiger partial charge in [0.25, 0.3) is 0 Å². The molecule has 3 rings (SSSR count). The van der Waals surface area contributed by atoms with E-state index in [1.54, 1.807) is 0 Å². The Kier molecular flexibility index (Phi) is 3.29. The number of carbonyl (C=O) groups excluding carboxylic acids is 1. The summed E-state index contributed by atoms with van der Waals surface area (Å²) >= 11 is 11.3. The molecule has 0 saturated carbocycles. The van der Waals surface area contributed by atoms with Gasteiger partial charge < -0.3 is 10.6 Å². The van der Waals surface area contributed by atoms with Crippen molar-refractivity contribution in [2.75, 3.05) is 0 Å². The fourth-order valence-electron chi connectivity index (χ4n) is 2.64. The molecule has 0 amide bonds. The summed E-state index contributed by atoms with van der Waals surface area (Å²) in [6.45, 7) is 0. The lowest BCUT2D eigenvalue weighted by molar-refractivity contribution is -0.116. The van der Waals surface area contributed by atoms with E-state index in [2.05, 4.69) is 10.6 Å². The molecular weight excluding hydrogens is 280 g/mol. The van der Waals surface area contributed by atoms with E-state index < -0.39 is 0 Å². The first-order valence-electron chi connectivity index (χ1n) is 6.24. The van der Waals surface area contributed by atoms with Crippen LogP contribution in [-0.2, 0) is 4.79 Å². The third-order valence-corrected chi connectivity index (χ3v) is 3.92. The summed E-state index contributed by atoms with van der Waals surface area (Å²) in [5.41, 5.74) is 2.74. The van der Waals surface area contributed by atoms with E-state index in [9.17, 15) is 4.79 Å². The fourth-order valence-corrected chi connectivity index (χ4v) is 3.08. The Morgan fingerprint density at radius 1 is 1.32 bits per heavy atom. The van der Waals surface area contributed by atoms with Crippen molar-refractivity contribution in [3.8, 4) is 0 Å². The van der Waals surface area contributed by atoms with Gasteiger partial charge in [-0.2, -0.15) is 0 Å². The molecule has 1 heterocycles. The van der Waals surface area contributed by atoms with Gasteiger partial charge >= 0.3 is 0 Å². The fraction of sp³-hybridized carbons (Fsp3) is 0.286. The highest BCUT2D eigenvalue weighted by molar-refractivity contribution is 7.80. The molecule has 1 aromatic carbocycles. The lowest BCUT2D eigenvalue weighted by atomic mass is 9.85. The molecule has 5 heteroatoms. The summed E-state index contributed by atoms with van der Waals surface area (Å²) in [7, 11) is 0. The van der Waals surface area contributed by atoms with E-state index in [4.69, 9.17) is 23.8 Å². The number of ketones is 1. The normalized spacial score (nSPS) is 22.7. The minimum Gasteiger partial charge on any atom is -0.351 e. The van der Waals surface area contributed by atoms with Crippen molar-refractivity contribution in [3.63, 3.8) is 0 Å². The summed E-state index contributed by atoms with van der Waals surface area (Å²) in [6, 6.07) is 7.36. The molecule has 19 heavy (non-hydrogen) atoms. The first-order valence-corrected chi connectivity index (χ1v) is 7.03. The van der Waals surface area contributed by atoms with Crippen LogP contribution < -0.4 is 10.6 Å². The summed E-state index contributed by atoms with van der Waals surface area (Å²) in [6.07, 6.45) is 2.36. The van der Waals surface area contributed by atoms with Crippen molar-refractivity contribution in [1.29, 1.82) is 0 Å². The van der Waals surface area contributed by atoms with Crippen LogP contribution in [0, 0.1) is 0 Å². The average molecular weight is 293 g/mol. The number of carbonyl (C=O) groups is 1. The highest BCUT2D eigenvalue weighted by atomic mass is 35.5. The van der Waals surface area contributed by atoms with Gasteiger partial charge in [-0.15, -0.1) is 0 Å². The number of rotatable bonds is 1. The second kappa shape index (κ2) is 4.94. The van der Waals surface area contributed by atoms with E-state index >= 15 is 0 Å². The quantitative estimate of drug-likeness (QED) is 0.781. The van der Waals surface area contributed by atoms with E-state index in [0.29, 0.717) is 16.6 Å². The van der Waals surface area contributed by atoms with Gasteiger partial charge in [-0.25, -0.2) is 0 Å². The van der Waals surface area contributed by atoms with Crippen molar-refractivity contribution in [2.24, 2.45) is 0 Å². The minimum absolute atomic E-state index is 0.185. The van der Waals surface area contributed by atoms with Crippen molar-refractivity contribution in [2.45, 2.75) is 25.3 Å². The second-order valence-electron chi connectivity index (χ2n) is 4.76. The van der Waals surface area contributed by atoms with Gasteiger partial charge in [-0.05, 0) is 42.8 Å². The molecule has 0 aromatic heterocycles. The van der Waals surface area contributed by atoms with Gasteiger partial charge in [0.05, 0.1) is 6.04 Å². The molecule has 0 spiro atoms. The van der Waals surface area contributed by atoms with Crippen LogP contribution in [0.4, 0.5) is 0 Å². The van der Waals surface area contributed by atoms with Gasteiger partial charge in [0.1, 0.15) is 0 Å². The monoisotopic (exact) mass is 292 g/mol. The van der Waals surface area contributed by atoms with Crippen LogP contribution >= 0.6 is 23.8 Å². The van der Waals surface area contributed by atoms with Gasteiger partial charge in [0, 0.05) is 22.7 Å². The number of hydrogen-bond donors (Lipinski definition) is 2. The molecule has 1 unspecified atom stereocenters. The van der Waals surface area contributed by atoms with Gasteiger partial charge in [-0.1, -0.05) is 23.7 Å². The molecule has 98 valence electrons. The Morgan fingerprint density at radius 3 is 2.95 bits per heavy atom. The van der Waals surface area contributed by atoms with E-state index in [-0.39, 0.29) is 11.8 Å². The molecule has 1 aliphatic heterocycles. The third kappa shape index (κ3) is 2.38. The van der Waals surface area contributed by atoms with Gasteiger partial charge in [-0.3, -0.25) is 4.79 Å². The molecule has 1 aliphatic carbocycles. The summed E-state index contributed by atoms with van der Waals surface area (Å²) in [4.78, 5) is 12.2. The van der Waals surface area contributed by atoms with Crippen LogP contribution in [0.5, 0.6) is 0 Å². The average Bonchev–Trinajstić information content (AvgIpc) is 2.37. The largest absolute Gasteiger partial charge is 0.351 e. The zero-order chi connectivity index (χ0) is 13.4. The standard InChI is InChI=1S/C14H13ClN2OS/c15-9-4-1-3-8(7-9)13-12-10(16-14(19)17-13)5-2-6-11(12)18/h1,3-4,7,13H,2,5-6H2,(H2,16,17,19). The third-order valence-electron chi connectivity index (χ3n) is 3.47. The lowest BCUT2D eigenvalue weighted by Gasteiger charge is -2.33. The predicted octanol–water partition coefficient (Wildman–Crippen LogP) is 2.87. The van der Waals surface area contributed by atoms with Crippen LogP contribution in [0.2, 0.25) is 5.02 Å². The molecule has 0 bridgehead atoms. The number of nitrogens with one attached hydrogen (secondary N) is 2. The molecule has 2 aliphatic rings. The first kappa shape index (κ1) is 12.6. The van der Waals surface area contributed by atoms with Crippen molar-refractivity contribution in [1.82, 2.24) is 10.6 Å². The number of allylic oxidation sites excluding steroid dienone is 1. The van der Waals surface area contributed by atoms with Crippen LogP contribution in [0.1, 0.15) is 30.9 Å². The maximum Gasteiger partial charge on any atom is 0.171 e. The maximum absolute atomic E-state index is 12.2. The topological polar surface area (TPSA) is 41.1 Å². The SMILES string of the molecule is O=C1CCCC2=C1C(c1cccc(Cl)c1)NC(=S)N2. The van der Waals surface area contributed by atoms with Crippen LogP contribution in [0.3, 0.4) is 0 Å². The molecule has 3 nitrogen and oxygen atoms in total. The zero-order valence-electron chi connectivity index (χ0n) is 10.2. The highest BCUT2D eigenvalue weighted by Gasteiger charge is 2.33. The number of benzene rings is 1. The number of halogens is 1. The molecule has 0 saturated heterocycles. The number of thiocarbonyl (C=S) groups is 1. The summed E-state index contributed by atoms with van der Waals surface area (Å²) < 4.78 is 0. The number of Topliss-reactive ketones (excluding diaryl/α,β-unsaturated/α-hetero) is 1. The molecular formula is C14H13ClN2OS. The van der Waals surface area contributed by atoms with E-state index in [0.717, 1.165) is 29.7 Å². The smallest absolute Gasteiger partial charge is 0.171 e. The predicted molar refractivity (Wildman–Crippen MR) is 78.9 cm³/mol. The Balaban J connectivity index is 2.08. The molecule has 1 aromatic rings. The maximum atomic E-state index is 12.2. The molecule has 1 atom stereocenters. The molecule has 0 fully saturated rings. The van der Waals surface area contributed by atoms with E-state index in [1.807, 2.05) is 24.3 Å². The zero-order valence-corrected chi connectivity index (χ0v) is 11.8. The van der Waals surface area contributed by atoms with Crippen LogP contribution in [0.25, 0.3) is 0 Å². The highest BCUT2D eigenvalue weighted by Crippen LogP contribution is 2.33. The number of hydrogen-bond acceptors (Lipinski definition) is 2. The first-order chi connectivity index (χ1) is 9.15. The Hall–Kier alpha value is -1.39. The van der Waals surface area contributed by atoms with Crippen molar-refractivity contribution < 1.29 is 4.79 Å². The summed E-state index contributed by atoms with van der Waals surface area (Å²) in [5.74, 6) is 0.189. The van der Waals surface area contributed by atoms with Crippen LogP contribution in [-0.4, -0.2) is 10.9 Å². The van der Waals surface area contributed by atoms with Crippen molar-refractivity contribution >= 4 is 34.7 Å². The molecule has 0 radical (unpaired) electrons. The van der Waals surface area contributed by atoms with Gasteiger partial charge in [0.15, 0.2) is 10.9 Å². The lowest BCUT2D eigenvalue weighted by Crippen LogP contribution is -2.46. The Morgan fingerprint density at radius 2 is 2.16 bits per heavy atom.